The van der Waals surface area contributed by atoms with Gasteiger partial charge in [0.05, 0.1) is 18.1 Å². The Bertz CT molecular complexity index is 2150. The number of fused-ring (bicyclic) bond motifs is 2. The number of carbonyl (C=O) groups is 7. The third-order valence-electron chi connectivity index (χ3n) is 14.6. The van der Waals surface area contributed by atoms with Crippen molar-refractivity contribution in [3.05, 3.63) is 83.1 Å². The van der Waals surface area contributed by atoms with Gasteiger partial charge in [-0.3, -0.25) is 33.6 Å². The molecule has 388 valence electrons. The Morgan fingerprint density at radius 3 is 1.45 bits per heavy atom. The number of nitrogens with one attached hydrogen (secondary N) is 6. The number of benzene rings is 2. The van der Waals surface area contributed by atoms with Gasteiger partial charge in [0.2, 0.25) is 29.5 Å². The van der Waals surface area contributed by atoms with Crippen LogP contribution in [0.1, 0.15) is 135 Å². The van der Waals surface area contributed by atoms with Crippen molar-refractivity contribution in [2.75, 3.05) is 27.2 Å². The second-order valence-corrected chi connectivity index (χ2v) is 21.9. The van der Waals surface area contributed by atoms with Crippen LogP contribution >= 0.6 is 0 Å². The summed E-state index contributed by atoms with van der Waals surface area (Å²) in [7, 11) is 3.49. The number of esters is 2. The zero-order valence-corrected chi connectivity index (χ0v) is 43.4. The molecule has 6 rings (SSSR count). The molecule has 2 heterocycles. The number of hydrogen-bond donors (Lipinski definition) is 6. The maximum Gasteiger partial charge on any atom is 0.306 e. The van der Waals surface area contributed by atoms with Crippen molar-refractivity contribution in [1.82, 2.24) is 41.7 Å². The van der Waals surface area contributed by atoms with Gasteiger partial charge in [0.15, 0.2) is 0 Å². The van der Waals surface area contributed by atoms with Crippen molar-refractivity contribution < 1.29 is 43.0 Å². The predicted molar refractivity (Wildman–Crippen MR) is 269 cm³/mol. The van der Waals surface area contributed by atoms with E-state index in [2.05, 4.69) is 38.5 Å². The van der Waals surface area contributed by atoms with E-state index in [-0.39, 0.29) is 54.8 Å². The average Bonchev–Trinajstić information content (AvgIpc) is 4.14. The van der Waals surface area contributed by atoms with Gasteiger partial charge in [0.25, 0.3) is 0 Å². The molecule has 0 bridgehead atoms. The van der Waals surface area contributed by atoms with Gasteiger partial charge >= 0.3 is 11.9 Å². The first kappa shape index (κ1) is 54.5. The van der Waals surface area contributed by atoms with E-state index < -0.39 is 77.3 Å². The number of nitrogens with zero attached hydrogens (tertiary/aromatic N) is 2. The lowest BCUT2D eigenvalue weighted by Crippen LogP contribution is -2.59. The van der Waals surface area contributed by atoms with Gasteiger partial charge in [-0.15, -0.1) is 0 Å². The Morgan fingerprint density at radius 1 is 0.634 bits per heavy atom. The SMILES string of the molecule is C=C(N[C@H](C(=O)N1CCC[C@H]1C(=O)N[C@H]1c2ccccc2C[C@@H]1OC(=O)CCCC(=O)O[C@H]1Cc2ccccc2[C@@H]1NC(=O)[C@@H]1CCCN1C(=O)[C@@H](NC(=O)[C@H](C)NC)C(C)(C)C)C(C)(C)C)[C@H](C)NC. The number of likely N-dealkylation sites (N-methyl/N-ethyl adjacent to an activating group) is 2. The molecule has 2 aromatic rings. The lowest BCUT2D eigenvalue weighted by Gasteiger charge is -2.37. The number of ether oxygens (including phenoxy) is 2. The molecule has 0 radical (unpaired) electrons. The quantitative estimate of drug-likeness (QED) is 0.110. The van der Waals surface area contributed by atoms with Crippen LogP contribution in [0.3, 0.4) is 0 Å². The van der Waals surface area contributed by atoms with Crippen molar-refractivity contribution in [2.45, 2.75) is 174 Å². The molecule has 6 N–H and O–H groups in total. The summed E-state index contributed by atoms with van der Waals surface area (Å²) < 4.78 is 12.1. The number of amides is 5. The van der Waals surface area contributed by atoms with Crippen LogP contribution in [0.25, 0.3) is 0 Å². The van der Waals surface area contributed by atoms with E-state index >= 15 is 0 Å². The third-order valence-corrected chi connectivity index (χ3v) is 14.6. The standard InChI is InChI=1S/C54H78N8O9/c1-31(55-10)32(2)57-46(53(4,5)6)51(68)61-27-17-23-38(61)49(66)58-44-36-21-14-12-19-34(36)29-40(44)70-42(63)25-16-26-43(64)71-41-30-35-20-13-15-22-37(35)45(41)59-50(67)39-24-18-28-62(39)52(69)47(54(7,8)9)60-48(65)33(3)56-11/h12-15,19-22,31,33,38-41,44-47,55-57H,2,16-18,23-30H2,1,3-11H3,(H,58,66)(H,59,67)(H,60,65)/t31-,33-,38-,39-,40-,41-,44-,45-,46+,47+/m0/s1. The molecule has 17 heteroatoms. The fraction of sp³-hybridized carbons (Fsp3) is 0.611. The van der Waals surface area contributed by atoms with Gasteiger partial charge in [0, 0.05) is 50.5 Å². The minimum Gasteiger partial charge on any atom is -0.459 e. The molecule has 17 nitrogen and oxygen atoms in total. The molecule has 4 aliphatic rings. The summed E-state index contributed by atoms with van der Waals surface area (Å²) >= 11 is 0. The summed E-state index contributed by atoms with van der Waals surface area (Å²) in [5, 5.41) is 18.6. The molecule has 5 amide bonds. The Kier molecular flexibility index (Phi) is 17.8. The summed E-state index contributed by atoms with van der Waals surface area (Å²) in [6.45, 7) is 20.2. The molecule has 0 spiro atoms. The van der Waals surface area contributed by atoms with Crippen molar-refractivity contribution >= 4 is 41.5 Å². The van der Waals surface area contributed by atoms with Gasteiger partial charge in [-0.1, -0.05) is 96.7 Å². The Morgan fingerprint density at radius 2 is 1.04 bits per heavy atom. The van der Waals surface area contributed by atoms with Crippen molar-refractivity contribution in [2.24, 2.45) is 10.8 Å². The molecule has 2 aliphatic heterocycles. The molecule has 2 aromatic carbocycles. The molecule has 2 aliphatic carbocycles. The maximum atomic E-state index is 14.2. The first-order chi connectivity index (χ1) is 33.5. The largest absolute Gasteiger partial charge is 0.459 e. The highest BCUT2D eigenvalue weighted by atomic mass is 16.5. The van der Waals surface area contributed by atoms with Gasteiger partial charge in [-0.25, -0.2) is 0 Å². The summed E-state index contributed by atoms with van der Waals surface area (Å²) in [6.07, 6.45) is 1.52. The highest BCUT2D eigenvalue weighted by Gasteiger charge is 2.46. The molecule has 10 atom stereocenters. The molecule has 2 saturated heterocycles. The fourth-order valence-electron chi connectivity index (χ4n) is 10.1. The van der Waals surface area contributed by atoms with Crippen molar-refractivity contribution in [3.63, 3.8) is 0 Å². The monoisotopic (exact) mass is 983 g/mol. The smallest absolute Gasteiger partial charge is 0.306 e. The molecule has 71 heavy (non-hydrogen) atoms. The summed E-state index contributed by atoms with van der Waals surface area (Å²) in [4.78, 5) is 99.7. The summed E-state index contributed by atoms with van der Waals surface area (Å²) in [5.74, 6) is -2.57. The van der Waals surface area contributed by atoms with E-state index in [9.17, 15) is 33.6 Å². The van der Waals surface area contributed by atoms with Crippen LogP contribution in [0, 0.1) is 10.8 Å². The molecular formula is C54H78N8O9. The topological polar surface area (TPSA) is 217 Å². The van der Waals surface area contributed by atoms with Gasteiger partial charge in [0.1, 0.15) is 36.4 Å². The van der Waals surface area contributed by atoms with Gasteiger partial charge in [-0.05, 0) is 93.1 Å². The Labute approximate surface area is 419 Å². The summed E-state index contributed by atoms with van der Waals surface area (Å²) in [6, 6.07) is 10.3. The number of carbonyl (C=O) groups excluding carboxylic acids is 7. The minimum atomic E-state index is -0.866. The van der Waals surface area contributed by atoms with Crippen LogP contribution in [-0.2, 0) is 55.9 Å². The van der Waals surface area contributed by atoms with Crippen LogP contribution in [0.15, 0.2) is 60.8 Å². The molecule has 0 aromatic heterocycles. The van der Waals surface area contributed by atoms with Crippen LogP contribution in [0.5, 0.6) is 0 Å². The van der Waals surface area contributed by atoms with E-state index in [4.69, 9.17) is 9.47 Å². The van der Waals surface area contributed by atoms with Crippen LogP contribution in [-0.4, -0.2) is 127 Å². The van der Waals surface area contributed by atoms with E-state index in [0.717, 1.165) is 22.3 Å². The zero-order chi connectivity index (χ0) is 51.9. The lowest BCUT2D eigenvalue weighted by molar-refractivity contribution is -0.153. The number of hydrogen-bond acceptors (Lipinski definition) is 12. The Hall–Kier alpha value is -5.81. The number of likely N-dealkylation sites (tertiary alicyclic amines) is 2. The van der Waals surface area contributed by atoms with Crippen LogP contribution < -0.4 is 31.9 Å². The van der Waals surface area contributed by atoms with Crippen LogP contribution in [0.2, 0.25) is 0 Å². The highest BCUT2D eigenvalue weighted by molar-refractivity contribution is 5.94. The van der Waals surface area contributed by atoms with E-state index in [1.165, 1.54) is 0 Å². The second kappa shape index (κ2) is 23.2. The van der Waals surface area contributed by atoms with Crippen molar-refractivity contribution in [3.8, 4) is 0 Å². The van der Waals surface area contributed by atoms with Crippen LogP contribution in [0.4, 0.5) is 0 Å². The molecule has 0 unspecified atom stereocenters. The van der Waals surface area contributed by atoms with E-state index in [1.54, 1.807) is 23.8 Å². The van der Waals surface area contributed by atoms with Gasteiger partial charge < -0.3 is 51.2 Å². The third kappa shape index (κ3) is 13.0. The Balaban J connectivity index is 1.05. The fourth-order valence-corrected chi connectivity index (χ4v) is 10.1. The molecular weight excluding hydrogens is 905 g/mol. The number of rotatable bonds is 19. The van der Waals surface area contributed by atoms with E-state index in [1.807, 2.05) is 104 Å². The molecule has 2 fully saturated rings. The minimum absolute atomic E-state index is 0.0767. The summed E-state index contributed by atoms with van der Waals surface area (Å²) in [5.41, 5.74) is 3.09. The zero-order valence-electron chi connectivity index (χ0n) is 43.4. The first-order valence-electron chi connectivity index (χ1n) is 25.4. The molecule has 0 saturated carbocycles. The van der Waals surface area contributed by atoms with Gasteiger partial charge in [-0.2, -0.15) is 0 Å². The predicted octanol–water partition coefficient (Wildman–Crippen LogP) is 4.05. The normalized spacial score (nSPS) is 23.4. The average molecular weight is 983 g/mol. The first-order valence-corrected chi connectivity index (χ1v) is 25.4. The van der Waals surface area contributed by atoms with Crippen molar-refractivity contribution in [1.29, 1.82) is 0 Å². The second-order valence-electron chi connectivity index (χ2n) is 21.9. The lowest BCUT2D eigenvalue weighted by atomic mass is 9.85. The highest BCUT2D eigenvalue weighted by Crippen LogP contribution is 2.37. The van der Waals surface area contributed by atoms with E-state index in [0.29, 0.717) is 57.3 Å². The maximum absolute atomic E-state index is 14.2.